The summed E-state index contributed by atoms with van der Waals surface area (Å²) in [6, 6.07) is 2.07. The normalized spacial score (nSPS) is 11.6. The van der Waals surface area contributed by atoms with Gasteiger partial charge in [0.05, 0.1) is 0 Å². The number of halogens is 1. The molecule has 0 aliphatic heterocycles. The zero-order chi connectivity index (χ0) is 16.4. The van der Waals surface area contributed by atoms with E-state index in [9.17, 15) is 4.79 Å². The van der Waals surface area contributed by atoms with Crippen molar-refractivity contribution in [1.82, 2.24) is 9.97 Å². The van der Waals surface area contributed by atoms with Crippen molar-refractivity contribution in [3.05, 3.63) is 18.1 Å². The first kappa shape index (κ1) is 19.9. The van der Waals surface area contributed by atoms with Crippen LogP contribution in [0.25, 0.3) is 0 Å². The summed E-state index contributed by atoms with van der Waals surface area (Å²) in [7, 11) is 0. The van der Waals surface area contributed by atoms with Crippen LogP contribution < -0.4 is 3.71 Å². The van der Waals surface area contributed by atoms with Crippen LogP contribution in [0, 0.1) is 0 Å². The monoisotopic (exact) mass is 432 g/mol. The average Bonchev–Trinajstić information content (AvgIpc) is 2.54. The zero-order valence-electron chi connectivity index (χ0n) is 14.2. The molecular formula is C17H29ClN2OSn. The van der Waals surface area contributed by atoms with Crippen LogP contribution in [0.1, 0.15) is 69.9 Å². The van der Waals surface area contributed by atoms with Crippen LogP contribution in [0.5, 0.6) is 0 Å². The van der Waals surface area contributed by atoms with E-state index in [0.717, 1.165) is 0 Å². The molecule has 5 heteroatoms. The van der Waals surface area contributed by atoms with Crippen LogP contribution in [-0.4, -0.2) is 33.6 Å². The van der Waals surface area contributed by atoms with Gasteiger partial charge in [-0.25, -0.2) is 0 Å². The summed E-state index contributed by atoms with van der Waals surface area (Å²) in [5.41, 5.74) is 0. The SMILES string of the molecule is CCC[CH2][Sn]([CH2]CCC)([CH2]CCC)[c]1ccnc(C(=O)Cl)n1. The number of nitrogens with zero attached hydrogens (tertiary/aromatic N) is 2. The maximum absolute atomic E-state index is 11.4. The Morgan fingerprint density at radius 1 is 1.05 bits per heavy atom. The van der Waals surface area contributed by atoms with Gasteiger partial charge in [-0.2, -0.15) is 0 Å². The third-order valence-electron chi connectivity index (χ3n) is 4.40. The molecule has 3 nitrogen and oxygen atoms in total. The van der Waals surface area contributed by atoms with E-state index in [2.05, 4.69) is 36.8 Å². The van der Waals surface area contributed by atoms with Crippen molar-refractivity contribution < 1.29 is 4.79 Å². The molecule has 0 amide bonds. The molecule has 1 heterocycles. The summed E-state index contributed by atoms with van der Waals surface area (Å²) in [4.78, 5) is 20.1. The van der Waals surface area contributed by atoms with Gasteiger partial charge < -0.3 is 0 Å². The summed E-state index contributed by atoms with van der Waals surface area (Å²) in [6.45, 7) is 6.76. The average molecular weight is 432 g/mol. The number of hydrogen-bond acceptors (Lipinski definition) is 3. The first-order valence-electron chi connectivity index (χ1n) is 8.63. The number of rotatable bonds is 11. The number of carbonyl (C=O) groups is 1. The molecule has 22 heavy (non-hydrogen) atoms. The van der Waals surface area contributed by atoms with Gasteiger partial charge in [0.15, 0.2) is 0 Å². The zero-order valence-corrected chi connectivity index (χ0v) is 17.8. The van der Waals surface area contributed by atoms with Crippen LogP contribution >= 0.6 is 11.6 Å². The molecule has 1 aromatic heterocycles. The Balaban J connectivity index is 3.18. The van der Waals surface area contributed by atoms with Crippen LogP contribution in [0.3, 0.4) is 0 Å². The first-order valence-corrected chi connectivity index (χ1v) is 16.5. The molecule has 0 unspecified atom stereocenters. The van der Waals surface area contributed by atoms with E-state index in [4.69, 9.17) is 11.6 Å². The number of aromatic nitrogens is 2. The number of carbonyl (C=O) groups excluding carboxylic acids is 1. The topological polar surface area (TPSA) is 42.9 Å². The van der Waals surface area contributed by atoms with Crippen LogP contribution in [0.2, 0.25) is 13.3 Å². The van der Waals surface area contributed by atoms with E-state index in [1.54, 1.807) is 6.20 Å². The van der Waals surface area contributed by atoms with E-state index in [0.29, 0.717) is 0 Å². The Morgan fingerprint density at radius 2 is 1.55 bits per heavy atom. The molecule has 0 aromatic carbocycles. The minimum absolute atomic E-state index is 0.185. The molecule has 0 saturated heterocycles. The van der Waals surface area contributed by atoms with E-state index < -0.39 is 23.6 Å². The third-order valence-corrected chi connectivity index (χ3v) is 19.7. The van der Waals surface area contributed by atoms with Crippen LogP contribution in [-0.2, 0) is 0 Å². The van der Waals surface area contributed by atoms with Gasteiger partial charge in [0.2, 0.25) is 0 Å². The summed E-state index contributed by atoms with van der Waals surface area (Å²) >= 11 is 3.04. The number of hydrogen-bond donors (Lipinski definition) is 0. The molecule has 0 aliphatic rings. The van der Waals surface area contributed by atoms with E-state index in [1.165, 1.54) is 55.5 Å². The van der Waals surface area contributed by atoms with Gasteiger partial charge in [0.1, 0.15) is 0 Å². The molecular weight excluding hydrogens is 402 g/mol. The standard InChI is InChI=1S/C5H2ClN2O.3C4H9.Sn/c6-4(9)5-7-2-1-3-8-5;3*1-3-4-2;/h1-2H;3*1,3-4H2,2H3;. The fourth-order valence-corrected chi connectivity index (χ4v) is 18.5. The summed E-state index contributed by atoms with van der Waals surface area (Å²) < 4.78 is 5.21. The van der Waals surface area contributed by atoms with Gasteiger partial charge in [-0.1, -0.05) is 0 Å². The van der Waals surface area contributed by atoms with Crippen LogP contribution in [0.4, 0.5) is 0 Å². The van der Waals surface area contributed by atoms with E-state index in [1.807, 2.05) is 0 Å². The molecule has 0 fully saturated rings. The second-order valence-corrected chi connectivity index (χ2v) is 19.5. The molecule has 1 aromatic rings. The molecule has 0 aliphatic carbocycles. The Hall–Kier alpha value is -0.161. The van der Waals surface area contributed by atoms with Crippen molar-refractivity contribution in [2.75, 3.05) is 0 Å². The second kappa shape index (κ2) is 10.6. The van der Waals surface area contributed by atoms with Crippen molar-refractivity contribution in [3.63, 3.8) is 0 Å². The molecule has 0 spiro atoms. The van der Waals surface area contributed by atoms with Crippen LogP contribution in [0.15, 0.2) is 12.3 Å². The van der Waals surface area contributed by atoms with Gasteiger partial charge in [-0.3, -0.25) is 0 Å². The van der Waals surface area contributed by atoms with Gasteiger partial charge in [0, 0.05) is 0 Å². The molecule has 0 bridgehead atoms. The van der Waals surface area contributed by atoms with Gasteiger partial charge >= 0.3 is 144 Å². The second-order valence-electron chi connectivity index (χ2n) is 6.13. The fraction of sp³-hybridized carbons (Fsp3) is 0.706. The third kappa shape index (κ3) is 5.80. The Morgan fingerprint density at radius 3 is 1.95 bits per heavy atom. The molecule has 0 N–H and O–H groups in total. The fourth-order valence-electron chi connectivity index (χ4n) is 3.05. The molecule has 0 radical (unpaired) electrons. The van der Waals surface area contributed by atoms with E-state index >= 15 is 0 Å². The van der Waals surface area contributed by atoms with E-state index in [-0.39, 0.29) is 5.82 Å². The van der Waals surface area contributed by atoms with Crippen molar-refractivity contribution in [1.29, 1.82) is 0 Å². The Bertz CT molecular complexity index is 446. The molecule has 0 atom stereocenters. The quantitative estimate of drug-likeness (QED) is 0.369. The predicted molar refractivity (Wildman–Crippen MR) is 96.7 cm³/mol. The van der Waals surface area contributed by atoms with Gasteiger partial charge in [0.25, 0.3) is 0 Å². The summed E-state index contributed by atoms with van der Waals surface area (Å²) in [5, 5.41) is -0.538. The molecule has 1 rings (SSSR count). The van der Waals surface area contributed by atoms with Crippen molar-refractivity contribution in [2.24, 2.45) is 0 Å². The van der Waals surface area contributed by atoms with Crippen molar-refractivity contribution in [2.45, 2.75) is 72.6 Å². The van der Waals surface area contributed by atoms with Crippen molar-refractivity contribution in [3.8, 4) is 0 Å². The predicted octanol–water partition coefficient (Wildman–Crippen LogP) is 4.91. The summed E-state index contributed by atoms with van der Waals surface area (Å²) in [5.74, 6) is 0.185. The Labute approximate surface area is 144 Å². The number of unbranched alkanes of at least 4 members (excludes halogenated alkanes) is 3. The summed E-state index contributed by atoms with van der Waals surface area (Å²) in [6.07, 6.45) is 9.23. The van der Waals surface area contributed by atoms with Gasteiger partial charge in [-0.15, -0.1) is 0 Å². The van der Waals surface area contributed by atoms with Gasteiger partial charge in [-0.05, 0) is 0 Å². The molecule has 0 saturated carbocycles. The first-order chi connectivity index (χ1) is 10.6. The Kier molecular flexibility index (Phi) is 9.57. The minimum atomic E-state index is -2.56. The maximum atomic E-state index is 11.4. The van der Waals surface area contributed by atoms with Crippen molar-refractivity contribution >= 4 is 38.9 Å². The molecule has 124 valence electrons.